The molecule has 0 amide bonds. The summed E-state index contributed by atoms with van der Waals surface area (Å²) in [6.45, 7) is 3.50. The quantitative estimate of drug-likeness (QED) is 0.814. The molecule has 0 aromatic carbocycles. The minimum Gasteiger partial charge on any atom is -0.478 e. The standard InChI is InChI=1S/C13H17ClN2O3/c1-2-10-8(5-6-19-10)7-15-12-9(13(17)18)3-4-11(14)16-12/h3-4,8,10H,2,5-7H2,1H3,(H,15,16)(H,17,18). The fraction of sp³-hybridized carbons (Fsp3) is 0.538. The Labute approximate surface area is 116 Å². The van der Waals surface area contributed by atoms with E-state index in [1.54, 1.807) is 0 Å². The van der Waals surface area contributed by atoms with Gasteiger partial charge in [0.25, 0.3) is 0 Å². The number of nitrogens with one attached hydrogen (secondary N) is 1. The van der Waals surface area contributed by atoms with Crippen LogP contribution in [0.2, 0.25) is 5.15 Å². The highest BCUT2D eigenvalue weighted by Gasteiger charge is 2.26. The summed E-state index contributed by atoms with van der Waals surface area (Å²) < 4.78 is 5.60. The average molecular weight is 285 g/mol. The van der Waals surface area contributed by atoms with Gasteiger partial charge in [0.2, 0.25) is 0 Å². The number of carbonyl (C=O) groups is 1. The van der Waals surface area contributed by atoms with Crippen LogP contribution in [0, 0.1) is 5.92 Å². The van der Waals surface area contributed by atoms with Crippen LogP contribution >= 0.6 is 11.6 Å². The van der Waals surface area contributed by atoms with Crippen LogP contribution in [-0.2, 0) is 4.74 Å². The van der Waals surface area contributed by atoms with Crippen LogP contribution in [0.3, 0.4) is 0 Å². The Bertz CT molecular complexity index is 467. The van der Waals surface area contributed by atoms with E-state index in [-0.39, 0.29) is 16.8 Å². The highest BCUT2D eigenvalue weighted by molar-refractivity contribution is 6.29. The van der Waals surface area contributed by atoms with Crippen LogP contribution in [0.25, 0.3) is 0 Å². The first kappa shape index (κ1) is 14.1. The molecule has 5 nitrogen and oxygen atoms in total. The maximum atomic E-state index is 11.1. The monoisotopic (exact) mass is 284 g/mol. The Kier molecular flexibility index (Phi) is 4.61. The van der Waals surface area contributed by atoms with Gasteiger partial charge in [0, 0.05) is 19.1 Å². The fourth-order valence-electron chi connectivity index (χ4n) is 2.35. The number of nitrogens with zero attached hydrogens (tertiary/aromatic N) is 1. The van der Waals surface area contributed by atoms with Gasteiger partial charge in [-0.25, -0.2) is 9.78 Å². The van der Waals surface area contributed by atoms with Crippen molar-refractivity contribution in [3.63, 3.8) is 0 Å². The third kappa shape index (κ3) is 3.36. The number of carboxylic acid groups (broad SMARTS) is 1. The van der Waals surface area contributed by atoms with Gasteiger partial charge >= 0.3 is 5.97 Å². The van der Waals surface area contributed by atoms with Gasteiger partial charge in [0.15, 0.2) is 0 Å². The lowest BCUT2D eigenvalue weighted by Crippen LogP contribution is -2.24. The van der Waals surface area contributed by atoms with E-state index in [2.05, 4.69) is 17.2 Å². The predicted molar refractivity (Wildman–Crippen MR) is 72.8 cm³/mol. The van der Waals surface area contributed by atoms with Gasteiger partial charge in [-0.3, -0.25) is 0 Å². The maximum Gasteiger partial charge on any atom is 0.339 e. The molecule has 1 aliphatic heterocycles. The molecule has 2 atom stereocenters. The summed E-state index contributed by atoms with van der Waals surface area (Å²) in [5.41, 5.74) is 0.136. The second kappa shape index (κ2) is 6.21. The molecule has 1 aliphatic rings. The molecular weight excluding hydrogens is 268 g/mol. The van der Waals surface area contributed by atoms with Crippen molar-refractivity contribution >= 4 is 23.4 Å². The van der Waals surface area contributed by atoms with Crippen molar-refractivity contribution in [3.05, 3.63) is 22.8 Å². The molecule has 19 heavy (non-hydrogen) atoms. The van der Waals surface area contributed by atoms with Crippen molar-refractivity contribution in [3.8, 4) is 0 Å². The van der Waals surface area contributed by atoms with Crippen molar-refractivity contribution in [1.82, 2.24) is 4.98 Å². The van der Waals surface area contributed by atoms with E-state index in [0.29, 0.717) is 18.3 Å². The molecule has 6 heteroatoms. The summed E-state index contributed by atoms with van der Waals surface area (Å²) >= 11 is 5.80. The zero-order valence-electron chi connectivity index (χ0n) is 10.7. The van der Waals surface area contributed by atoms with Crippen molar-refractivity contribution in [2.75, 3.05) is 18.5 Å². The van der Waals surface area contributed by atoms with Crippen LogP contribution in [0.4, 0.5) is 5.82 Å². The molecule has 1 saturated heterocycles. The average Bonchev–Trinajstić information content (AvgIpc) is 2.83. The van der Waals surface area contributed by atoms with E-state index in [0.717, 1.165) is 19.4 Å². The van der Waals surface area contributed by atoms with Gasteiger partial charge in [-0.15, -0.1) is 0 Å². The largest absolute Gasteiger partial charge is 0.478 e. The minimum atomic E-state index is -1.01. The fourth-order valence-corrected chi connectivity index (χ4v) is 2.50. The highest BCUT2D eigenvalue weighted by atomic mass is 35.5. The summed E-state index contributed by atoms with van der Waals surface area (Å²) in [6.07, 6.45) is 2.18. The number of rotatable bonds is 5. The number of halogens is 1. The predicted octanol–water partition coefficient (Wildman–Crippen LogP) is 2.66. The molecule has 104 valence electrons. The van der Waals surface area contributed by atoms with Crippen LogP contribution in [-0.4, -0.2) is 35.3 Å². The summed E-state index contributed by atoms with van der Waals surface area (Å²) in [4.78, 5) is 15.1. The van der Waals surface area contributed by atoms with Gasteiger partial charge in [-0.05, 0) is 25.0 Å². The van der Waals surface area contributed by atoms with Crippen molar-refractivity contribution < 1.29 is 14.6 Å². The normalized spacial score (nSPS) is 22.4. The number of ether oxygens (including phenoxy) is 1. The van der Waals surface area contributed by atoms with E-state index in [1.807, 2.05) is 0 Å². The first-order valence-electron chi connectivity index (χ1n) is 6.37. The van der Waals surface area contributed by atoms with Gasteiger partial charge in [-0.1, -0.05) is 18.5 Å². The molecule has 2 N–H and O–H groups in total. The van der Waals surface area contributed by atoms with Crippen molar-refractivity contribution in [1.29, 1.82) is 0 Å². The van der Waals surface area contributed by atoms with E-state index in [4.69, 9.17) is 21.4 Å². The zero-order chi connectivity index (χ0) is 13.8. The third-order valence-corrected chi connectivity index (χ3v) is 3.58. The van der Waals surface area contributed by atoms with Gasteiger partial charge in [0.1, 0.15) is 16.5 Å². The number of aromatic nitrogens is 1. The highest BCUT2D eigenvalue weighted by Crippen LogP contribution is 2.24. The summed E-state index contributed by atoms with van der Waals surface area (Å²) in [7, 11) is 0. The van der Waals surface area contributed by atoms with E-state index >= 15 is 0 Å². The Balaban J connectivity index is 2.06. The summed E-state index contributed by atoms with van der Waals surface area (Å²) in [6, 6.07) is 2.94. The summed E-state index contributed by atoms with van der Waals surface area (Å²) in [5, 5.41) is 12.5. The SMILES string of the molecule is CCC1OCCC1CNc1nc(Cl)ccc1C(=O)O. The zero-order valence-corrected chi connectivity index (χ0v) is 11.5. The molecule has 0 aliphatic carbocycles. The molecule has 2 rings (SSSR count). The van der Waals surface area contributed by atoms with Crippen LogP contribution in [0.5, 0.6) is 0 Å². The number of carboxylic acids is 1. The number of aromatic carboxylic acids is 1. The first-order chi connectivity index (χ1) is 9.11. The van der Waals surface area contributed by atoms with Gasteiger partial charge in [-0.2, -0.15) is 0 Å². The van der Waals surface area contributed by atoms with Crippen LogP contribution in [0.15, 0.2) is 12.1 Å². The molecule has 1 fully saturated rings. The van der Waals surface area contributed by atoms with Gasteiger partial charge in [0.05, 0.1) is 6.10 Å². The van der Waals surface area contributed by atoms with E-state index < -0.39 is 5.97 Å². The Hall–Kier alpha value is -1.33. The molecule has 0 radical (unpaired) electrons. The maximum absolute atomic E-state index is 11.1. The smallest absolute Gasteiger partial charge is 0.339 e. The summed E-state index contributed by atoms with van der Waals surface area (Å²) in [5.74, 6) is -0.310. The second-order valence-corrected chi connectivity index (χ2v) is 4.97. The molecule has 1 aromatic rings. The Morgan fingerprint density at radius 3 is 3.11 bits per heavy atom. The number of pyridine rings is 1. The lowest BCUT2D eigenvalue weighted by Gasteiger charge is -2.18. The number of hydrogen-bond donors (Lipinski definition) is 2. The van der Waals surface area contributed by atoms with E-state index in [9.17, 15) is 4.79 Å². The van der Waals surface area contributed by atoms with Gasteiger partial charge < -0.3 is 15.2 Å². The number of hydrogen-bond acceptors (Lipinski definition) is 4. The van der Waals surface area contributed by atoms with E-state index in [1.165, 1.54) is 12.1 Å². The third-order valence-electron chi connectivity index (χ3n) is 3.37. The lowest BCUT2D eigenvalue weighted by molar-refractivity contribution is 0.0697. The Morgan fingerprint density at radius 2 is 2.42 bits per heavy atom. The molecule has 0 bridgehead atoms. The van der Waals surface area contributed by atoms with Crippen molar-refractivity contribution in [2.45, 2.75) is 25.9 Å². The second-order valence-electron chi connectivity index (χ2n) is 4.58. The minimum absolute atomic E-state index is 0.136. The molecule has 1 aromatic heterocycles. The lowest BCUT2D eigenvalue weighted by atomic mass is 9.99. The topological polar surface area (TPSA) is 71.5 Å². The molecule has 2 heterocycles. The van der Waals surface area contributed by atoms with Crippen molar-refractivity contribution in [2.24, 2.45) is 5.92 Å². The molecule has 0 spiro atoms. The Morgan fingerprint density at radius 1 is 1.63 bits per heavy atom. The first-order valence-corrected chi connectivity index (χ1v) is 6.75. The van der Waals surface area contributed by atoms with Crippen LogP contribution in [0.1, 0.15) is 30.1 Å². The number of anilines is 1. The molecule has 0 saturated carbocycles. The van der Waals surface area contributed by atoms with Crippen LogP contribution < -0.4 is 5.32 Å². The molecular formula is C13H17ClN2O3. The molecule has 2 unspecified atom stereocenters.